The van der Waals surface area contributed by atoms with E-state index in [4.69, 9.17) is 0 Å². The predicted molar refractivity (Wildman–Crippen MR) is 96.7 cm³/mol. The van der Waals surface area contributed by atoms with Crippen LogP contribution in [0.15, 0.2) is 77.2 Å². The number of halogens is 3. The Morgan fingerprint density at radius 1 is 1.08 bits per heavy atom. The number of benzene rings is 1. The maximum Gasteiger partial charge on any atom is 0.392 e. The van der Waals surface area contributed by atoms with Crippen LogP contribution >= 0.6 is 0 Å². The number of hydrogen-bond acceptors (Lipinski definition) is 3. The minimum atomic E-state index is -4.21. The van der Waals surface area contributed by atoms with E-state index in [2.05, 4.69) is 15.3 Å². The summed E-state index contributed by atoms with van der Waals surface area (Å²) in [6, 6.07) is 11.7. The summed E-state index contributed by atoms with van der Waals surface area (Å²) in [6.07, 6.45) is 1.31. The van der Waals surface area contributed by atoms with E-state index in [1.54, 1.807) is 25.4 Å². The minimum Gasteiger partial charge on any atom is -0.340 e. The molecule has 1 aliphatic heterocycles. The summed E-state index contributed by atoms with van der Waals surface area (Å²) >= 11 is 0. The molecule has 0 spiro atoms. The number of aromatic nitrogens is 1. The Kier molecular flexibility index (Phi) is 5.21. The first-order chi connectivity index (χ1) is 12.5. The molecule has 0 atom stereocenters. The van der Waals surface area contributed by atoms with Gasteiger partial charge in [0.15, 0.2) is 0 Å². The van der Waals surface area contributed by atoms with Crippen LogP contribution in [0.1, 0.15) is 18.9 Å². The van der Waals surface area contributed by atoms with E-state index in [9.17, 15) is 13.2 Å². The van der Waals surface area contributed by atoms with Gasteiger partial charge in [-0.3, -0.25) is 9.98 Å². The fraction of sp³-hybridized carbons (Fsp3) is 0.200. The van der Waals surface area contributed by atoms with E-state index >= 15 is 0 Å². The van der Waals surface area contributed by atoms with Crippen LogP contribution in [0.2, 0.25) is 0 Å². The SMILES string of the molecule is C/C=C1/NC(c2ccc(-c3cccnc3)cc2)=NC/C1=C/CC(F)(F)F. The highest BCUT2D eigenvalue weighted by molar-refractivity contribution is 6.01. The third kappa shape index (κ3) is 4.39. The zero-order valence-electron chi connectivity index (χ0n) is 14.2. The first-order valence-electron chi connectivity index (χ1n) is 8.21. The second-order valence-electron chi connectivity index (χ2n) is 5.86. The molecule has 6 heteroatoms. The average molecular weight is 357 g/mol. The van der Waals surface area contributed by atoms with Crippen LogP contribution in [0.25, 0.3) is 11.1 Å². The number of amidine groups is 1. The van der Waals surface area contributed by atoms with Crippen molar-refractivity contribution < 1.29 is 13.2 Å². The Morgan fingerprint density at radius 3 is 2.42 bits per heavy atom. The topological polar surface area (TPSA) is 37.3 Å². The summed E-state index contributed by atoms with van der Waals surface area (Å²) in [6.45, 7) is 2.01. The van der Waals surface area contributed by atoms with E-state index in [0.717, 1.165) is 16.7 Å². The van der Waals surface area contributed by atoms with E-state index < -0.39 is 12.6 Å². The third-order valence-electron chi connectivity index (χ3n) is 4.03. The lowest BCUT2D eigenvalue weighted by molar-refractivity contribution is -0.125. The Labute approximate surface area is 150 Å². The zero-order valence-corrected chi connectivity index (χ0v) is 14.2. The van der Waals surface area contributed by atoms with Crippen LogP contribution in [0, 0.1) is 0 Å². The van der Waals surface area contributed by atoms with Crippen LogP contribution in [0.4, 0.5) is 13.2 Å². The van der Waals surface area contributed by atoms with E-state index in [1.165, 1.54) is 6.08 Å². The van der Waals surface area contributed by atoms with Crippen molar-refractivity contribution in [1.82, 2.24) is 10.3 Å². The number of rotatable bonds is 3. The van der Waals surface area contributed by atoms with E-state index in [1.807, 2.05) is 36.4 Å². The van der Waals surface area contributed by atoms with Gasteiger partial charge in [-0.05, 0) is 29.7 Å². The Morgan fingerprint density at radius 2 is 1.81 bits per heavy atom. The summed E-state index contributed by atoms with van der Waals surface area (Å²) in [5.74, 6) is 0.653. The highest BCUT2D eigenvalue weighted by atomic mass is 19.4. The van der Waals surface area contributed by atoms with Crippen molar-refractivity contribution in [1.29, 1.82) is 0 Å². The minimum absolute atomic E-state index is 0.225. The van der Waals surface area contributed by atoms with Gasteiger partial charge in [-0.15, -0.1) is 0 Å². The maximum atomic E-state index is 12.4. The number of hydrogen-bond donors (Lipinski definition) is 1. The van der Waals surface area contributed by atoms with Gasteiger partial charge in [0.1, 0.15) is 5.84 Å². The number of pyridine rings is 1. The molecule has 0 fully saturated rings. The van der Waals surface area contributed by atoms with E-state index in [0.29, 0.717) is 17.1 Å². The molecule has 2 aromatic rings. The molecule has 0 unspecified atom stereocenters. The summed E-state index contributed by atoms with van der Waals surface area (Å²) in [5, 5.41) is 3.13. The number of alkyl halides is 3. The van der Waals surface area contributed by atoms with Crippen molar-refractivity contribution in [2.75, 3.05) is 6.54 Å². The molecule has 0 bridgehead atoms. The van der Waals surface area contributed by atoms with Gasteiger partial charge in [-0.1, -0.05) is 42.5 Å². The largest absolute Gasteiger partial charge is 0.392 e. The molecule has 1 aliphatic rings. The first-order valence-corrected chi connectivity index (χ1v) is 8.21. The standard InChI is InChI=1S/C20H18F3N3/c1-2-18-17(9-10-20(21,22)23)13-25-19(26-18)15-7-5-14(6-8-15)16-4-3-11-24-12-16/h2-9,11-12H,10,13H2,1H3,(H,25,26)/b17-9-,18-2+. The summed E-state index contributed by atoms with van der Waals surface area (Å²) in [4.78, 5) is 8.51. The molecule has 1 aromatic heterocycles. The van der Waals surface area contributed by atoms with Crippen LogP contribution in [0.5, 0.6) is 0 Å². The quantitative estimate of drug-likeness (QED) is 0.850. The predicted octanol–water partition coefficient (Wildman–Crippen LogP) is 4.88. The monoisotopic (exact) mass is 357 g/mol. The molecule has 0 aliphatic carbocycles. The fourth-order valence-corrected chi connectivity index (χ4v) is 2.69. The van der Waals surface area contributed by atoms with Crippen LogP contribution in [-0.2, 0) is 0 Å². The molecule has 0 saturated heterocycles. The molecule has 0 amide bonds. The smallest absolute Gasteiger partial charge is 0.340 e. The Bertz CT molecular complexity index is 848. The van der Waals surface area contributed by atoms with Crippen LogP contribution < -0.4 is 5.32 Å². The van der Waals surface area contributed by atoms with Crippen LogP contribution in [-0.4, -0.2) is 23.5 Å². The molecule has 26 heavy (non-hydrogen) atoms. The highest BCUT2D eigenvalue weighted by Gasteiger charge is 2.26. The van der Waals surface area contributed by atoms with Gasteiger partial charge in [0.25, 0.3) is 0 Å². The second kappa shape index (κ2) is 7.56. The molecular formula is C20H18F3N3. The molecule has 1 aromatic carbocycles. The van der Waals surface area contributed by atoms with Gasteiger partial charge in [0.05, 0.1) is 13.0 Å². The average Bonchev–Trinajstić information content (AvgIpc) is 2.66. The summed E-state index contributed by atoms with van der Waals surface area (Å²) in [7, 11) is 0. The molecular weight excluding hydrogens is 339 g/mol. The number of nitrogens with zero attached hydrogens (tertiary/aromatic N) is 2. The zero-order chi connectivity index (χ0) is 18.6. The molecule has 2 heterocycles. The normalized spacial score (nSPS) is 17.9. The summed E-state index contributed by atoms with van der Waals surface area (Å²) in [5.41, 5.74) is 4.15. The molecule has 0 radical (unpaired) electrons. The Hall–Kier alpha value is -2.89. The van der Waals surface area contributed by atoms with Crippen molar-refractivity contribution in [3.8, 4) is 11.1 Å². The van der Waals surface area contributed by atoms with E-state index in [-0.39, 0.29) is 6.54 Å². The second-order valence-corrected chi connectivity index (χ2v) is 5.86. The van der Waals surface area contributed by atoms with Crippen molar-refractivity contribution >= 4 is 5.84 Å². The van der Waals surface area contributed by atoms with Crippen molar-refractivity contribution in [2.24, 2.45) is 4.99 Å². The molecule has 3 nitrogen and oxygen atoms in total. The van der Waals surface area contributed by atoms with Gasteiger partial charge in [-0.2, -0.15) is 13.2 Å². The van der Waals surface area contributed by atoms with Crippen molar-refractivity contribution in [2.45, 2.75) is 19.5 Å². The Balaban J connectivity index is 1.79. The first kappa shape index (κ1) is 17.9. The molecule has 1 N–H and O–H groups in total. The molecule has 0 saturated carbocycles. The van der Waals surface area contributed by atoms with Gasteiger partial charge in [0, 0.05) is 23.7 Å². The van der Waals surface area contributed by atoms with Gasteiger partial charge in [-0.25, -0.2) is 0 Å². The fourth-order valence-electron chi connectivity index (χ4n) is 2.69. The van der Waals surface area contributed by atoms with Gasteiger partial charge in [0.2, 0.25) is 0 Å². The number of allylic oxidation sites excluding steroid dienone is 2. The lowest BCUT2D eigenvalue weighted by Crippen LogP contribution is -2.30. The lowest BCUT2D eigenvalue weighted by atomic mass is 10.0. The van der Waals surface area contributed by atoms with Gasteiger partial charge < -0.3 is 5.32 Å². The third-order valence-corrected chi connectivity index (χ3v) is 4.03. The lowest BCUT2D eigenvalue weighted by Gasteiger charge is -2.21. The van der Waals surface area contributed by atoms with Crippen molar-refractivity contribution in [3.05, 3.63) is 77.8 Å². The van der Waals surface area contributed by atoms with Crippen LogP contribution in [0.3, 0.4) is 0 Å². The molecule has 3 rings (SSSR count). The van der Waals surface area contributed by atoms with Gasteiger partial charge >= 0.3 is 6.18 Å². The maximum absolute atomic E-state index is 12.4. The van der Waals surface area contributed by atoms with Crippen molar-refractivity contribution in [3.63, 3.8) is 0 Å². The number of aliphatic imine (C=N–C) groups is 1. The highest BCUT2D eigenvalue weighted by Crippen LogP contribution is 2.24. The molecule has 134 valence electrons. The number of nitrogens with one attached hydrogen (secondary N) is 1. The summed E-state index contributed by atoms with van der Waals surface area (Å²) < 4.78 is 37.3.